The number of aromatic hydroxyl groups is 1. The molecule has 0 radical (unpaired) electrons. The summed E-state index contributed by atoms with van der Waals surface area (Å²) in [5.74, 6) is 0.536. The summed E-state index contributed by atoms with van der Waals surface area (Å²) in [4.78, 5) is 0. The van der Waals surface area contributed by atoms with E-state index in [2.05, 4.69) is 26.8 Å². The SMILES string of the molecule is CCCCCCCCCCc1c(O)ccc(CCCC)c1CCCC. The van der Waals surface area contributed by atoms with Crippen molar-refractivity contribution < 1.29 is 5.11 Å². The number of rotatable bonds is 15. The lowest BCUT2D eigenvalue weighted by molar-refractivity contribution is 0.463. The van der Waals surface area contributed by atoms with Crippen LogP contribution in [-0.2, 0) is 19.3 Å². The Bertz CT molecular complexity index is 450. The number of aryl methyl sites for hydroxylation is 1. The topological polar surface area (TPSA) is 20.2 Å². The minimum atomic E-state index is 0.536. The predicted molar refractivity (Wildman–Crippen MR) is 112 cm³/mol. The number of hydrogen-bond donors (Lipinski definition) is 1. The normalized spacial score (nSPS) is 11.2. The van der Waals surface area contributed by atoms with Crippen LogP contribution in [0.5, 0.6) is 5.75 Å². The van der Waals surface area contributed by atoms with Crippen LogP contribution in [0.1, 0.15) is 115 Å². The summed E-state index contributed by atoms with van der Waals surface area (Å²) < 4.78 is 0. The molecule has 1 heteroatoms. The lowest BCUT2D eigenvalue weighted by Gasteiger charge is -2.17. The minimum Gasteiger partial charge on any atom is -0.508 e. The van der Waals surface area contributed by atoms with Gasteiger partial charge in [-0.15, -0.1) is 0 Å². The van der Waals surface area contributed by atoms with Gasteiger partial charge in [-0.1, -0.05) is 84.6 Å². The zero-order valence-corrected chi connectivity index (χ0v) is 17.2. The standard InChI is InChI=1S/C24H42O/c1-4-7-10-11-12-13-14-15-18-23-22(17-9-6-3)21(16-8-5-2)19-20-24(23)25/h19-20,25H,4-18H2,1-3H3. The van der Waals surface area contributed by atoms with Crippen molar-refractivity contribution in [1.29, 1.82) is 0 Å². The Hall–Kier alpha value is -0.980. The van der Waals surface area contributed by atoms with Crippen molar-refractivity contribution in [1.82, 2.24) is 0 Å². The molecule has 1 nitrogen and oxygen atoms in total. The molecule has 144 valence electrons. The Kier molecular flexibility index (Phi) is 12.5. The largest absolute Gasteiger partial charge is 0.508 e. The predicted octanol–water partition coefficient (Wildman–Crippen LogP) is 7.76. The first-order valence-corrected chi connectivity index (χ1v) is 11.1. The molecule has 1 rings (SSSR count). The molecule has 0 atom stereocenters. The minimum absolute atomic E-state index is 0.536. The number of phenolic OH excluding ortho intramolecular Hbond substituents is 1. The molecule has 0 amide bonds. The highest BCUT2D eigenvalue weighted by molar-refractivity contribution is 5.45. The van der Waals surface area contributed by atoms with Gasteiger partial charge in [0.15, 0.2) is 0 Å². The van der Waals surface area contributed by atoms with E-state index in [4.69, 9.17) is 0 Å². The van der Waals surface area contributed by atoms with Gasteiger partial charge in [-0.2, -0.15) is 0 Å². The highest BCUT2D eigenvalue weighted by atomic mass is 16.3. The van der Waals surface area contributed by atoms with E-state index in [1.165, 1.54) is 100 Å². The second-order valence-electron chi connectivity index (χ2n) is 7.63. The van der Waals surface area contributed by atoms with Gasteiger partial charge in [0.2, 0.25) is 0 Å². The molecule has 0 aliphatic carbocycles. The van der Waals surface area contributed by atoms with Crippen LogP contribution < -0.4 is 0 Å². The molecule has 0 fully saturated rings. The van der Waals surface area contributed by atoms with E-state index in [1.807, 2.05) is 6.07 Å². The van der Waals surface area contributed by atoms with E-state index in [9.17, 15) is 5.11 Å². The maximum atomic E-state index is 10.4. The lowest BCUT2D eigenvalue weighted by Crippen LogP contribution is -2.02. The second-order valence-corrected chi connectivity index (χ2v) is 7.63. The number of phenols is 1. The van der Waals surface area contributed by atoms with E-state index in [1.54, 1.807) is 0 Å². The number of hydrogen-bond acceptors (Lipinski definition) is 1. The maximum absolute atomic E-state index is 10.4. The van der Waals surface area contributed by atoms with Gasteiger partial charge in [0.05, 0.1) is 0 Å². The lowest BCUT2D eigenvalue weighted by atomic mass is 9.90. The van der Waals surface area contributed by atoms with Crippen molar-refractivity contribution in [2.24, 2.45) is 0 Å². The Morgan fingerprint density at radius 3 is 1.72 bits per heavy atom. The van der Waals surface area contributed by atoms with Crippen molar-refractivity contribution in [2.75, 3.05) is 0 Å². The Labute approximate surface area is 157 Å². The molecular formula is C24H42O. The van der Waals surface area contributed by atoms with Crippen LogP contribution in [-0.4, -0.2) is 5.11 Å². The first-order chi connectivity index (χ1) is 12.2. The third-order valence-corrected chi connectivity index (χ3v) is 5.36. The quantitative estimate of drug-likeness (QED) is 0.322. The van der Waals surface area contributed by atoms with Crippen molar-refractivity contribution >= 4 is 0 Å². The summed E-state index contributed by atoms with van der Waals surface area (Å²) in [7, 11) is 0. The van der Waals surface area contributed by atoms with Crippen LogP contribution in [0.3, 0.4) is 0 Å². The van der Waals surface area contributed by atoms with Crippen LogP contribution in [0.4, 0.5) is 0 Å². The second kappa shape index (κ2) is 14.2. The molecule has 0 aliphatic rings. The molecule has 1 aromatic rings. The molecular weight excluding hydrogens is 304 g/mol. The Morgan fingerprint density at radius 2 is 1.08 bits per heavy atom. The van der Waals surface area contributed by atoms with Crippen molar-refractivity contribution in [3.05, 3.63) is 28.8 Å². The highest BCUT2D eigenvalue weighted by Gasteiger charge is 2.12. The molecule has 0 aromatic heterocycles. The molecule has 0 bridgehead atoms. The van der Waals surface area contributed by atoms with Gasteiger partial charge in [0, 0.05) is 0 Å². The zero-order chi connectivity index (χ0) is 18.3. The summed E-state index contributed by atoms with van der Waals surface area (Å²) in [5, 5.41) is 10.4. The molecule has 0 saturated carbocycles. The molecule has 1 aromatic carbocycles. The third kappa shape index (κ3) is 8.79. The monoisotopic (exact) mass is 346 g/mol. The van der Waals surface area contributed by atoms with E-state index in [0.29, 0.717) is 5.75 Å². The summed E-state index contributed by atoms with van der Waals surface area (Å²) >= 11 is 0. The molecule has 0 spiro atoms. The van der Waals surface area contributed by atoms with Crippen LogP contribution in [0.15, 0.2) is 12.1 Å². The van der Waals surface area contributed by atoms with Gasteiger partial charge in [0.25, 0.3) is 0 Å². The number of unbranched alkanes of at least 4 members (excludes halogenated alkanes) is 9. The van der Waals surface area contributed by atoms with Crippen molar-refractivity contribution in [3.63, 3.8) is 0 Å². The van der Waals surface area contributed by atoms with Crippen molar-refractivity contribution in [2.45, 2.75) is 117 Å². The molecule has 0 unspecified atom stereocenters. The van der Waals surface area contributed by atoms with Gasteiger partial charge in [-0.25, -0.2) is 0 Å². The van der Waals surface area contributed by atoms with Crippen LogP contribution in [0, 0.1) is 0 Å². The van der Waals surface area contributed by atoms with Crippen LogP contribution in [0.25, 0.3) is 0 Å². The average Bonchev–Trinajstić information content (AvgIpc) is 2.62. The Morgan fingerprint density at radius 1 is 0.560 bits per heavy atom. The Balaban J connectivity index is 2.57. The molecule has 25 heavy (non-hydrogen) atoms. The maximum Gasteiger partial charge on any atom is 0.119 e. The molecule has 0 saturated heterocycles. The van der Waals surface area contributed by atoms with Gasteiger partial charge in [0.1, 0.15) is 5.75 Å². The average molecular weight is 347 g/mol. The fourth-order valence-corrected chi connectivity index (χ4v) is 3.71. The first-order valence-electron chi connectivity index (χ1n) is 11.1. The van der Waals surface area contributed by atoms with Gasteiger partial charge < -0.3 is 5.11 Å². The fourth-order valence-electron chi connectivity index (χ4n) is 3.71. The van der Waals surface area contributed by atoms with E-state index in [-0.39, 0.29) is 0 Å². The molecule has 0 heterocycles. The fraction of sp³-hybridized carbons (Fsp3) is 0.750. The summed E-state index contributed by atoms with van der Waals surface area (Å²) in [6.45, 7) is 6.79. The van der Waals surface area contributed by atoms with Crippen LogP contribution >= 0.6 is 0 Å². The van der Waals surface area contributed by atoms with Crippen LogP contribution in [0.2, 0.25) is 0 Å². The first kappa shape index (κ1) is 22.1. The van der Waals surface area contributed by atoms with E-state index < -0.39 is 0 Å². The number of benzene rings is 1. The van der Waals surface area contributed by atoms with Gasteiger partial charge >= 0.3 is 0 Å². The van der Waals surface area contributed by atoms with E-state index in [0.717, 1.165) is 12.8 Å². The van der Waals surface area contributed by atoms with E-state index >= 15 is 0 Å². The van der Waals surface area contributed by atoms with Gasteiger partial charge in [-0.05, 0) is 61.3 Å². The zero-order valence-electron chi connectivity index (χ0n) is 17.2. The van der Waals surface area contributed by atoms with Crippen molar-refractivity contribution in [3.8, 4) is 5.75 Å². The smallest absolute Gasteiger partial charge is 0.119 e. The summed E-state index contributed by atoms with van der Waals surface area (Å²) in [6.07, 6.45) is 19.1. The highest BCUT2D eigenvalue weighted by Crippen LogP contribution is 2.29. The summed E-state index contributed by atoms with van der Waals surface area (Å²) in [6, 6.07) is 4.12. The molecule has 1 N–H and O–H groups in total. The summed E-state index contributed by atoms with van der Waals surface area (Å²) in [5.41, 5.74) is 4.22. The molecule has 0 aliphatic heterocycles. The third-order valence-electron chi connectivity index (χ3n) is 5.36. The van der Waals surface area contributed by atoms with Gasteiger partial charge in [-0.3, -0.25) is 0 Å².